The first kappa shape index (κ1) is 13.1. The van der Waals surface area contributed by atoms with Gasteiger partial charge in [0, 0.05) is 23.7 Å². The van der Waals surface area contributed by atoms with Gasteiger partial charge in [0.2, 0.25) is 5.88 Å². The van der Waals surface area contributed by atoms with Crippen molar-refractivity contribution in [1.82, 2.24) is 4.98 Å². The molecule has 0 saturated heterocycles. The molecular formula is C15H10F2N2O2. The first-order valence-electron chi connectivity index (χ1n) is 6.05. The Labute approximate surface area is 118 Å². The molecule has 0 amide bonds. The molecule has 0 fully saturated rings. The van der Waals surface area contributed by atoms with Gasteiger partial charge in [0.15, 0.2) is 11.6 Å². The van der Waals surface area contributed by atoms with Gasteiger partial charge in [0.25, 0.3) is 0 Å². The second-order valence-corrected chi connectivity index (χ2v) is 4.43. The van der Waals surface area contributed by atoms with E-state index in [2.05, 4.69) is 4.98 Å². The summed E-state index contributed by atoms with van der Waals surface area (Å²) in [6.45, 7) is 0. The van der Waals surface area contributed by atoms with Crippen LogP contribution in [0.1, 0.15) is 0 Å². The molecule has 0 aliphatic heterocycles. The number of hydrogen-bond acceptors (Lipinski definition) is 4. The molecule has 0 unspecified atom stereocenters. The van der Waals surface area contributed by atoms with Crippen LogP contribution >= 0.6 is 0 Å². The number of phenolic OH excluding ortho intramolecular Hbond substituents is 1. The Morgan fingerprint density at radius 1 is 1.05 bits per heavy atom. The lowest BCUT2D eigenvalue weighted by Crippen LogP contribution is -1.97. The van der Waals surface area contributed by atoms with E-state index in [9.17, 15) is 13.9 Å². The summed E-state index contributed by atoms with van der Waals surface area (Å²) in [6, 6.07) is 8.01. The van der Waals surface area contributed by atoms with Crippen molar-refractivity contribution in [3.8, 4) is 17.4 Å². The Morgan fingerprint density at radius 2 is 1.86 bits per heavy atom. The normalized spacial score (nSPS) is 10.8. The average molecular weight is 288 g/mol. The summed E-state index contributed by atoms with van der Waals surface area (Å²) in [7, 11) is 0. The number of nitrogen functional groups attached to an aromatic ring is 1. The van der Waals surface area contributed by atoms with Gasteiger partial charge in [-0.15, -0.1) is 0 Å². The second-order valence-electron chi connectivity index (χ2n) is 4.43. The molecule has 1 heterocycles. The summed E-state index contributed by atoms with van der Waals surface area (Å²) < 4.78 is 32.5. The van der Waals surface area contributed by atoms with Crippen molar-refractivity contribution < 1.29 is 18.6 Å². The van der Waals surface area contributed by atoms with Crippen molar-refractivity contribution in [3.05, 3.63) is 54.2 Å². The number of phenols is 1. The van der Waals surface area contributed by atoms with Gasteiger partial charge >= 0.3 is 0 Å². The second kappa shape index (κ2) is 4.90. The van der Waals surface area contributed by atoms with Crippen LogP contribution in [-0.2, 0) is 0 Å². The number of rotatable bonds is 2. The number of ether oxygens (including phenoxy) is 1. The third-order valence-corrected chi connectivity index (χ3v) is 2.97. The van der Waals surface area contributed by atoms with Crippen molar-refractivity contribution >= 4 is 16.5 Å². The van der Waals surface area contributed by atoms with E-state index < -0.39 is 11.6 Å². The Hall–Kier alpha value is -2.89. The standard InChI is InChI=1S/C15H10F2N2O2/c16-11-7-14(12(17)6-13(11)18)21-15-10-5-9(20)2-1-8(10)3-4-19-15/h1-7,20H,18H2. The fourth-order valence-corrected chi connectivity index (χ4v) is 1.94. The summed E-state index contributed by atoms with van der Waals surface area (Å²) in [4.78, 5) is 3.98. The van der Waals surface area contributed by atoms with Crippen molar-refractivity contribution in [1.29, 1.82) is 0 Å². The molecule has 0 radical (unpaired) electrons. The summed E-state index contributed by atoms with van der Waals surface area (Å²) in [5.41, 5.74) is 4.97. The van der Waals surface area contributed by atoms with Crippen molar-refractivity contribution in [2.24, 2.45) is 0 Å². The van der Waals surface area contributed by atoms with Crippen LogP contribution in [0.3, 0.4) is 0 Å². The van der Waals surface area contributed by atoms with Gasteiger partial charge in [-0.1, -0.05) is 6.07 Å². The predicted octanol–water partition coefficient (Wildman–Crippen LogP) is 3.59. The first-order chi connectivity index (χ1) is 10.0. The lowest BCUT2D eigenvalue weighted by molar-refractivity contribution is 0.427. The number of nitrogens with two attached hydrogens (primary N) is 1. The smallest absolute Gasteiger partial charge is 0.227 e. The molecular weight excluding hydrogens is 278 g/mol. The maximum Gasteiger partial charge on any atom is 0.227 e. The molecule has 21 heavy (non-hydrogen) atoms. The molecule has 3 aromatic rings. The monoisotopic (exact) mass is 288 g/mol. The molecule has 3 rings (SSSR count). The molecule has 2 aromatic carbocycles. The Balaban J connectivity index is 2.10. The van der Waals surface area contributed by atoms with Crippen LogP contribution in [0.2, 0.25) is 0 Å². The number of anilines is 1. The molecule has 106 valence electrons. The summed E-state index contributed by atoms with van der Waals surface area (Å²) >= 11 is 0. The van der Waals surface area contributed by atoms with E-state index in [1.165, 1.54) is 18.3 Å². The number of pyridine rings is 1. The van der Waals surface area contributed by atoms with Crippen molar-refractivity contribution in [2.75, 3.05) is 5.73 Å². The molecule has 0 bridgehead atoms. The number of hydrogen-bond donors (Lipinski definition) is 2. The number of aromatic nitrogens is 1. The maximum absolute atomic E-state index is 13.7. The van der Waals surface area contributed by atoms with Gasteiger partial charge in [-0.05, 0) is 23.6 Å². The van der Waals surface area contributed by atoms with Crippen molar-refractivity contribution in [2.45, 2.75) is 0 Å². The minimum Gasteiger partial charge on any atom is -0.508 e. The molecule has 4 nitrogen and oxygen atoms in total. The third-order valence-electron chi connectivity index (χ3n) is 2.97. The zero-order valence-electron chi connectivity index (χ0n) is 10.7. The highest BCUT2D eigenvalue weighted by Gasteiger charge is 2.12. The molecule has 0 atom stereocenters. The van der Waals surface area contributed by atoms with Gasteiger partial charge in [-0.2, -0.15) is 0 Å². The van der Waals surface area contributed by atoms with Crippen LogP contribution in [0.4, 0.5) is 14.5 Å². The van der Waals surface area contributed by atoms with Crippen LogP contribution in [-0.4, -0.2) is 10.1 Å². The molecule has 0 aliphatic carbocycles. The SMILES string of the molecule is Nc1cc(F)c(Oc2nccc3ccc(O)cc23)cc1F. The highest BCUT2D eigenvalue weighted by molar-refractivity contribution is 5.88. The van der Waals surface area contributed by atoms with E-state index in [0.29, 0.717) is 5.39 Å². The number of fused-ring (bicyclic) bond motifs is 1. The van der Waals surface area contributed by atoms with Gasteiger partial charge in [-0.25, -0.2) is 13.8 Å². The highest BCUT2D eigenvalue weighted by atomic mass is 19.1. The minimum absolute atomic E-state index is 0.0179. The number of nitrogens with zero attached hydrogens (tertiary/aromatic N) is 1. The quantitative estimate of drug-likeness (QED) is 0.707. The molecule has 0 saturated carbocycles. The largest absolute Gasteiger partial charge is 0.508 e. The average Bonchev–Trinajstić information content (AvgIpc) is 2.45. The fourth-order valence-electron chi connectivity index (χ4n) is 1.94. The third kappa shape index (κ3) is 2.43. The fraction of sp³-hybridized carbons (Fsp3) is 0. The van der Waals surface area contributed by atoms with E-state index >= 15 is 0 Å². The van der Waals surface area contributed by atoms with Gasteiger partial charge in [0.05, 0.1) is 5.69 Å². The van der Waals surface area contributed by atoms with Gasteiger partial charge in [-0.3, -0.25) is 0 Å². The molecule has 0 spiro atoms. The number of aromatic hydroxyl groups is 1. The topological polar surface area (TPSA) is 68.4 Å². The van der Waals surface area contributed by atoms with Gasteiger partial charge < -0.3 is 15.6 Å². The van der Waals surface area contributed by atoms with E-state index in [1.54, 1.807) is 12.1 Å². The summed E-state index contributed by atoms with van der Waals surface area (Å²) in [5, 5.41) is 10.7. The molecule has 1 aromatic heterocycles. The lowest BCUT2D eigenvalue weighted by atomic mass is 10.1. The van der Waals surface area contributed by atoms with E-state index in [0.717, 1.165) is 17.5 Å². The van der Waals surface area contributed by atoms with E-state index in [4.69, 9.17) is 10.5 Å². The van der Waals surface area contributed by atoms with Crippen LogP contribution in [0.5, 0.6) is 17.4 Å². The highest BCUT2D eigenvalue weighted by Crippen LogP contribution is 2.32. The minimum atomic E-state index is -0.798. The van der Waals surface area contributed by atoms with Crippen LogP contribution in [0.25, 0.3) is 10.8 Å². The van der Waals surface area contributed by atoms with Crippen molar-refractivity contribution in [3.63, 3.8) is 0 Å². The molecule has 3 N–H and O–H groups in total. The lowest BCUT2D eigenvalue weighted by Gasteiger charge is -2.09. The van der Waals surface area contributed by atoms with E-state index in [1.807, 2.05) is 0 Å². The van der Waals surface area contributed by atoms with E-state index in [-0.39, 0.29) is 23.1 Å². The Kier molecular flexibility index (Phi) is 3.06. The van der Waals surface area contributed by atoms with Crippen LogP contribution in [0.15, 0.2) is 42.6 Å². The number of benzene rings is 2. The first-order valence-corrected chi connectivity index (χ1v) is 6.05. The summed E-state index contributed by atoms with van der Waals surface area (Å²) in [5.74, 6) is -1.83. The molecule has 0 aliphatic rings. The zero-order valence-corrected chi connectivity index (χ0v) is 10.7. The maximum atomic E-state index is 13.7. The summed E-state index contributed by atoms with van der Waals surface area (Å²) in [6.07, 6.45) is 1.47. The molecule has 6 heteroatoms. The Bertz CT molecular complexity index is 837. The number of halogens is 2. The van der Waals surface area contributed by atoms with Crippen LogP contribution in [0, 0.1) is 11.6 Å². The Morgan fingerprint density at radius 3 is 2.67 bits per heavy atom. The zero-order chi connectivity index (χ0) is 15.0. The predicted molar refractivity (Wildman–Crippen MR) is 74.3 cm³/mol. The van der Waals surface area contributed by atoms with Gasteiger partial charge in [0.1, 0.15) is 11.6 Å². The van der Waals surface area contributed by atoms with Crippen LogP contribution < -0.4 is 10.5 Å².